The minimum Gasteiger partial charge on any atom is -0.462 e. The molecule has 1 aromatic rings. The average molecular weight is 354 g/mol. The molecule has 0 bridgehead atoms. The number of fused-ring (bicyclic) bond motifs is 2. The molecule has 4 rings (SSSR count). The fraction of sp³-hybridized carbons (Fsp3) is 0.652. The number of aryl methyl sites for hydroxylation is 1. The van der Waals surface area contributed by atoms with Crippen molar-refractivity contribution in [3.05, 3.63) is 35.7 Å². The van der Waals surface area contributed by atoms with E-state index >= 15 is 0 Å². The highest BCUT2D eigenvalue weighted by Gasteiger charge is 2.53. The van der Waals surface area contributed by atoms with Crippen molar-refractivity contribution in [3.8, 4) is 0 Å². The van der Waals surface area contributed by atoms with Gasteiger partial charge in [-0.3, -0.25) is 9.78 Å². The summed E-state index contributed by atoms with van der Waals surface area (Å²) < 4.78 is 5.66. The van der Waals surface area contributed by atoms with Crippen LogP contribution in [0.5, 0.6) is 0 Å². The fourth-order valence-electron chi connectivity index (χ4n) is 5.78. The summed E-state index contributed by atoms with van der Waals surface area (Å²) in [5, 5.41) is 0. The number of cyclic esters (lactones) is 1. The zero-order valence-electron chi connectivity index (χ0n) is 16.1. The van der Waals surface area contributed by atoms with E-state index in [1.807, 2.05) is 0 Å². The Bertz CT molecular complexity index is 683. The van der Waals surface area contributed by atoms with Crippen LogP contribution >= 0.6 is 0 Å². The Hall–Kier alpha value is -1.64. The second-order valence-electron chi connectivity index (χ2n) is 8.51. The van der Waals surface area contributed by atoms with Gasteiger partial charge in [0.15, 0.2) is 0 Å². The maximum Gasteiger partial charge on any atom is 0.309 e. The van der Waals surface area contributed by atoms with Crippen molar-refractivity contribution >= 4 is 12.0 Å². The van der Waals surface area contributed by atoms with Crippen LogP contribution in [0, 0.1) is 29.6 Å². The number of carbonyl (C=O) groups is 1. The first-order valence-electron chi connectivity index (χ1n) is 10.5. The lowest BCUT2D eigenvalue weighted by molar-refractivity contribution is -0.144. The number of rotatable bonds is 4. The van der Waals surface area contributed by atoms with E-state index in [1.54, 1.807) is 0 Å². The molecule has 0 radical (unpaired) electrons. The molecule has 0 N–H and O–H groups in total. The predicted molar refractivity (Wildman–Crippen MR) is 103 cm³/mol. The van der Waals surface area contributed by atoms with Crippen molar-refractivity contribution in [1.82, 2.24) is 4.98 Å². The largest absolute Gasteiger partial charge is 0.462 e. The van der Waals surface area contributed by atoms with Gasteiger partial charge >= 0.3 is 5.97 Å². The van der Waals surface area contributed by atoms with Gasteiger partial charge in [-0.25, -0.2) is 0 Å². The summed E-state index contributed by atoms with van der Waals surface area (Å²) in [6, 6.07) is 6.31. The Morgan fingerprint density at radius 1 is 1.27 bits per heavy atom. The highest BCUT2D eigenvalue weighted by atomic mass is 16.6. The van der Waals surface area contributed by atoms with Gasteiger partial charge in [-0.05, 0) is 62.1 Å². The van der Waals surface area contributed by atoms with Gasteiger partial charge in [-0.2, -0.15) is 0 Å². The van der Waals surface area contributed by atoms with Crippen LogP contribution in [0.4, 0.5) is 0 Å². The fourth-order valence-corrected chi connectivity index (χ4v) is 5.78. The topological polar surface area (TPSA) is 39.2 Å². The number of hydrogen-bond acceptors (Lipinski definition) is 3. The van der Waals surface area contributed by atoms with Crippen molar-refractivity contribution in [2.45, 2.75) is 64.9 Å². The average Bonchev–Trinajstić information content (AvgIpc) is 2.93. The van der Waals surface area contributed by atoms with E-state index in [0.29, 0.717) is 23.7 Å². The molecule has 1 aromatic heterocycles. The van der Waals surface area contributed by atoms with Crippen LogP contribution in [0.2, 0.25) is 0 Å². The summed E-state index contributed by atoms with van der Waals surface area (Å²) in [5.41, 5.74) is 2.21. The lowest BCUT2D eigenvalue weighted by Crippen LogP contribution is -2.42. The summed E-state index contributed by atoms with van der Waals surface area (Å²) in [6.45, 7) is 4.28. The van der Waals surface area contributed by atoms with Gasteiger partial charge in [0.25, 0.3) is 0 Å². The van der Waals surface area contributed by atoms with Crippen LogP contribution < -0.4 is 0 Å². The Morgan fingerprint density at radius 2 is 2.12 bits per heavy atom. The number of allylic oxidation sites excluding steroid dienone is 1. The van der Waals surface area contributed by atoms with E-state index in [1.165, 1.54) is 31.4 Å². The van der Waals surface area contributed by atoms with Crippen molar-refractivity contribution in [2.24, 2.45) is 29.6 Å². The van der Waals surface area contributed by atoms with E-state index < -0.39 is 0 Å². The molecule has 0 spiro atoms. The zero-order valence-corrected chi connectivity index (χ0v) is 16.1. The van der Waals surface area contributed by atoms with Crippen LogP contribution in [0.25, 0.3) is 6.08 Å². The highest BCUT2D eigenvalue weighted by Crippen LogP contribution is 2.53. The van der Waals surface area contributed by atoms with Gasteiger partial charge < -0.3 is 4.74 Å². The monoisotopic (exact) mass is 353 g/mol. The number of ether oxygens (including phenoxy) is 1. The number of aromatic nitrogens is 1. The lowest BCUT2D eigenvalue weighted by Gasteiger charge is -2.45. The molecule has 3 nitrogen and oxygen atoms in total. The minimum absolute atomic E-state index is 0.0458. The van der Waals surface area contributed by atoms with Crippen LogP contribution in [0.1, 0.15) is 63.8 Å². The van der Waals surface area contributed by atoms with Gasteiger partial charge in [0.05, 0.1) is 11.6 Å². The quantitative estimate of drug-likeness (QED) is 0.711. The van der Waals surface area contributed by atoms with Crippen LogP contribution in [0.15, 0.2) is 24.3 Å². The summed E-state index contributed by atoms with van der Waals surface area (Å²) in [6.07, 6.45) is 13.0. The molecule has 0 aromatic carbocycles. The van der Waals surface area contributed by atoms with Gasteiger partial charge in [0.1, 0.15) is 6.10 Å². The summed E-state index contributed by atoms with van der Waals surface area (Å²) in [7, 11) is 0. The summed E-state index contributed by atoms with van der Waals surface area (Å²) in [5.74, 6) is 2.34. The van der Waals surface area contributed by atoms with Crippen LogP contribution in [-0.2, 0) is 16.0 Å². The summed E-state index contributed by atoms with van der Waals surface area (Å²) in [4.78, 5) is 17.2. The Kier molecular flexibility index (Phi) is 5.15. The number of nitrogens with zero attached hydrogens (tertiary/aromatic N) is 1. The van der Waals surface area contributed by atoms with Gasteiger partial charge in [0.2, 0.25) is 0 Å². The molecule has 26 heavy (non-hydrogen) atoms. The smallest absolute Gasteiger partial charge is 0.309 e. The Morgan fingerprint density at radius 3 is 2.96 bits per heavy atom. The normalized spacial score (nSPS) is 36.6. The molecule has 2 aliphatic carbocycles. The first-order chi connectivity index (χ1) is 12.7. The zero-order chi connectivity index (χ0) is 18.1. The molecule has 0 unspecified atom stereocenters. The van der Waals surface area contributed by atoms with E-state index in [-0.39, 0.29) is 18.0 Å². The van der Waals surface area contributed by atoms with Crippen molar-refractivity contribution < 1.29 is 9.53 Å². The maximum atomic E-state index is 12.4. The Balaban J connectivity index is 1.61. The van der Waals surface area contributed by atoms with Crippen LogP contribution in [0.3, 0.4) is 0 Å². The van der Waals surface area contributed by atoms with E-state index in [4.69, 9.17) is 9.72 Å². The number of carbonyl (C=O) groups excluding carboxylic acids is 1. The molecule has 6 atom stereocenters. The second kappa shape index (κ2) is 7.54. The van der Waals surface area contributed by atoms with Gasteiger partial charge in [0, 0.05) is 11.6 Å². The molecule has 1 aliphatic heterocycles. The minimum atomic E-state index is 0.0458. The highest BCUT2D eigenvalue weighted by molar-refractivity contribution is 5.75. The van der Waals surface area contributed by atoms with E-state index in [9.17, 15) is 4.79 Å². The SMILES string of the molecule is CCCc1cccc(/C=C/[C@H]2[C@@H]3CCCC[C@H]3C[C@H]3C(=O)O[C@H](C)[C@@H]23)n1. The molecule has 3 heteroatoms. The molecule has 1 saturated heterocycles. The maximum absolute atomic E-state index is 12.4. The van der Waals surface area contributed by atoms with Crippen LogP contribution in [-0.4, -0.2) is 17.1 Å². The standard InChI is InChI=1S/C23H31NO2/c1-3-7-17-9-6-10-18(24-17)12-13-20-19-11-5-4-8-16(19)14-21-22(20)15(2)26-23(21)25/h6,9-10,12-13,15-16,19-22H,3-5,7-8,11,14H2,1-2H3/b13-12+/t15-,16+,19-,20+,21-,22+/m1/s1. The molecule has 2 saturated carbocycles. The molecular weight excluding hydrogens is 322 g/mol. The second-order valence-corrected chi connectivity index (χ2v) is 8.51. The molecule has 3 aliphatic rings. The first-order valence-corrected chi connectivity index (χ1v) is 10.5. The number of esters is 1. The van der Waals surface area contributed by atoms with Crippen molar-refractivity contribution in [2.75, 3.05) is 0 Å². The third-order valence-electron chi connectivity index (χ3n) is 6.90. The van der Waals surface area contributed by atoms with Gasteiger partial charge in [-0.1, -0.05) is 44.7 Å². The molecular formula is C23H31NO2. The van der Waals surface area contributed by atoms with Gasteiger partial charge in [-0.15, -0.1) is 0 Å². The third kappa shape index (κ3) is 3.33. The van der Waals surface area contributed by atoms with E-state index in [2.05, 4.69) is 44.2 Å². The van der Waals surface area contributed by atoms with Crippen molar-refractivity contribution in [3.63, 3.8) is 0 Å². The summed E-state index contributed by atoms with van der Waals surface area (Å²) >= 11 is 0. The molecule has 140 valence electrons. The number of hydrogen-bond donors (Lipinski definition) is 0. The molecule has 2 heterocycles. The first kappa shape index (κ1) is 17.8. The predicted octanol–water partition coefficient (Wildman–Crippen LogP) is 5.05. The lowest BCUT2D eigenvalue weighted by atomic mass is 9.57. The molecule has 0 amide bonds. The number of pyridine rings is 1. The van der Waals surface area contributed by atoms with E-state index in [0.717, 1.165) is 25.0 Å². The van der Waals surface area contributed by atoms with Crippen molar-refractivity contribution in [1.29, 1.82) is 0 Å². The molecule has 3 fully saturated rings. The third-order valence-corrected chi connectivity index (χ3v) is 6.90. The Labute approximate surface area is 157 Å².